The number of thiazole rings is 1. The lowest BCUT2D eigenvalue weighted by Crippen LogP contribution is -2.44. The second-order valence-electron chi connectivity index (χ2n) is 6.86. The molecule has 1 aliphatic rings. The number of carbonyl (C=O) groups excluding carboxylic acids is 1. The van der Waals surface area contributed by atoms with E-state index in [0.717, 1.165) is 10.2 Å². The van der Waals surface area contributed by atoms with Gasteiger partial charge in [-0.3, -0.25) is 10.1 Å². The number of ether oxygens (including phenoxy) is 1. The van der Waals surface area contributed by atoms with Crippen LogP contribution in [-0.2, 0) is 4.74 Å². The number of benzene rings is 2. The summed E-state index contributed by atoms with van der Waals surface area (Å²) in [6.07, 6.45) is -3.32. The Bertz CT molecular complexity index is 1040. The van der Waals surface area contributed by atoms with Crippen molar-refractivity contribution < 1.29 is 24.9 Å². The quantitative estimate of drug-likeness (QED) is 0.502. The molecule has 4 unspecified atom stereocenters. The maximum atomic E-state index is 12.7. The van der Waals surface area contributed by atoms with Gasteiger partial charge in [0.1, 0.15) is 12.2 Å². The summed E-state index contributed by atoms with van der Waals surface area (Å²) in [4.78, 5) is 17.1. The molecular weight excluding hydrogens is 416 g/mol. The Labute approximate surface area is 175 Å². The summed E-state index contributed by atoms with van der Waals surface area (Å²) in [7, 11) is 0. The normalized spacial score (nSPS) is 24.6. The SMILES string of the molecule is O=C(Nc1nc2ccc(Cl)cc2s1)c1cccc(C2OC(CO)C(O)CC2O)c1. The molecule has 4 N–H and O–H groups in total. The summed E-state index contributed by atoms with van der Waals surface area (Å²) in [5.74, 6) is -0.346. The Morgan fingerprint density at radius 2 is 2.07 bits per heavy atom. The van der Waals surface area contributed by atoms with E-state index in [1.165, 1.54) is 11.3 Å². The van der Waals surface area contributed by atoms with Crippen LogP contribution in [0.15, 0.2) is 42.5 Å². The van der Waals surface area contributed by atoms with E-state index < -0.39 is 24.4 Å². The van der Waals surface area contributed by atoms with Crippen LogP contribution >= 0.6 is 22.9 Å². The van der Waals surface area contributed by atoms with Crippen molar-refractivity contribution in [2.45, 2.75) is 30.8 Å². The van der Waals surface area contributed by atoms with E-state index in [-0.39, 0.29) is 18.9 Å². The number of hydrogen-bond donors (Lipinski definition) is 4. The number of fused-ring (bicyclic) bond motifs is 1. The van der Waals surface area contributed by atoms with E-state index in [1.807, 2.05) is 0 Å². The number of carbonyl (C=O) groups is 1. The molecule has 2 heterocycles. The summed E-state index contributed by atoms with van der Waals surface area (Å²) < 4.78 is 6.52. The molecule has 0 spiro atoms. The molecule has 152 valence electrons. The highest BCUT2D eigenvalue weighted by Gasteiger charge is 2.36. The van der Waals surface area contributed by atoms with E-state index in [2.05, 4.69) is 10.3 Å². The van der Waals surface area contributed by atoms with Crippen LogP contribution in [0, 0.1) is 0 Å². The molecule has 9 heteroatoms. The highest BCUT2D eigenvalue weighted by molar-refractivity contribution is 7.22. The zero-order chi connectivity index (χ0) is 20.5. The van der Waals surface area contributed by atoms with Crippen molar-refractivity contribution in [3.63, 3.8) is 0 Å². The molecule has 29 heavy (non-hydrogen) atoms. The van der Waals surface area contributed by atoms with Crippen LogP contribution in [0.1, 0.15) is 28.4 Å². The third kappa shape index (κ3) is 4.28. The van der Waals surface area contributed by atoms with Crippen molar-refractivity contribution in [3.05, 3.63) is 58.6 Å². The number of amides is 1. The second-order valence-corrected chi connectivity index (χ2v) is 8.33. The molecule has 0 radical (unpaired) electrons. The molecule has 4 atom stereocenters. The first kappa shape index (κ1) is 20.2. The first-order chi connectivity index (χ1) is 13.9. The lowest BCUT2D eigenvalue weighted by molar-refractivity contribution is -0.181. The van der Waals surface area contributed by atoms with E-state index in [1.54, 1.807) is 42.5 Å². The monoisotopic (exact) mass is 434 g/mol. The number of hydrogen-bond acceptors (Lipinski definition) is 7. The number of rotatable bonds is 4. The third-order valence-electron chi connectivity index (χ3n) is 4.81. The Hall–Kier alpha value is -2.07. The number of anilines is 1. The van der Waals surface area contributed by atoms with Gasteiger partial charge in [0.25, 0.3) is 5.91 Å². The Balaban J connectivity index is 1.53. The van der Waals surface area contributed by atoms with E-state index in [9.17, 15) is 20.1 Å². The maximum absolute atomic E-state index is 12.7. The third-order valence-corrected chi connectivity index (χ3v) is 5.98. The standard InChI is InChI=1S/C20H19ClN2O5S/c21-12-4-5-13-17(7-12)29-20(22-13)23-19(27)11-3-1-2-10(6-11)18-15(26)8-14(25)16(9-24)28-18/h1-7,14-16,18,24-26H,8-9H2,(H,22,23,27). The summed E-state index contributed by atoms with van der Waals surface area (Å²) >= 11 is 7.31. The zero-order valence-electron chi connectivity index (χ0n) is 15.2. The van der Waals surface area contributed by atoms with Gasteiger partial charge in [-0.25, -0.2) is 4.98 Å². The number of aliphatic hydroxyl groups excluding tert-OH is 3. The molecule has 7 nitrogen and oxygen atoms in total. The van der Waals surface area contributed by atoms with Crippen molar-refractivity contribution in [1.82, 2.24) is 4.98 Å². The Morgan fingerprint density at radius 1 is 1.24 bits per heavy atom. The van der Waals surface area contributed by atoms with Crippen molar-refractivity contribution >= 4 is 44.2 Å². The smallest absolute Gasteiger partial charge is 0.257 e. The molecule has 1 saturated heterocycles. The van der Waals surface area contributed by atoms with Crippen LogP contribution in [0.5, 0.6) is 0 Å². The molecular formula is C20H19ClN2O5S. The minimum atomic E-state index is -0.944. The molecule has 4 rings (SSSR count). The van der Waals surface area contributed by atoms with Crippen molar-refractivity contribution in [3.8, 4) is 0 Å². The topological polar surface area (TPSA) is 112 Å². The molecule has 1 aromatic heterocycles. The first-order valence-electron chi connectivity index (χ1n) is 9.04. The average Bonchev–Trinajstić information content (AvgIpc) is 3.09. The molecule has 1 aliphatic heterocycles. The molecule has 1 fully saturated rings. The second kappa shape index (κ2) is 8.35. The first-order valence-corrected chi connectivity index (χ1v) is 10.2. The summed E-state index contributed by atoms with van der Waals surface area (Å²) in [5, 5.41) is 33.3. The van der Waals surface area contributed by atoms with Crippen LogP contribution in [0.3, 0.4) is 0 Å². The van der Waals surface area contributed by atoms with Crippen LogP contribution in [-0.4, -0.2) is 51.1 Å². The van der Waals surface area contributed by atoms with Gasteiger partial charge in [-0.1, -0.05) is 35.1 Å². The Kier molecular flexibility index (Phi) is 5.82. The molecule has 1 amide bonds. The Morgan fingerprint density at radius 3 is 2.86 bits per heavy atom. The van der Waals surface area contributed by atoms with Gasteiger partial charge >= 0.3 is 0 Å². The van der Waals surface area contributed by atoms with Gasteiger partial charge in [-0.2, -0.15) is 0 Å². The summed E-state index contributed by atoms with van der Waals surface area (Å²) in [6, 6.07) is 12.0. The average molecular weight is 435 g/mol. The summed E-state index contributed by atoms with van der Waals surface area (Å²) in [5.41, 5.74) is 1.71. The van der Waals surface area contributed by atoms with Gasteiger partial charge in [0, 0.05) is 17.0 Å². The van der Waals surface area contributed by atoms with Crippen molar-refractivity contribution in [2.75, 3.05) is 11.9 Å². The molecule has 0 saturated carbocycles. The minimum absolute atomic E-state index is 0.0839. The maximum Gasteiger partial charge on any atom is 0.257 e. The predicted octanol–water partition coefficient (Wildman–Crippen LogP) is 2.75. The molecule has 0 aliphatic carbocycles. The van der Waals surface area contributed by atoms with E-state index >= 15 is 0 Å². The molecule has 3 aromatic rings. The van der Waals surface area contributed by atoms with Gasteiger partial charge in [-0.15, -0.1) is 0 Å². The highest BCUT2D eigenvalue weighted by atomic mass is 35.5. The number of aromatic nitrogens is 1. The number of halogens is 1. The van der Waals surface area contributed by atoms with Crippen LogP contribution in [0.25, 0.3) is 10.2 Å². The molecule has 0 bridgehead atoms. The fourth-order valence-electron chi connectivity index (χ4n) is 3.34. The van der Waals surface area contributed by atoms with Crippen LogP contribution < -0.4 is 5.32 Å². The van der Waals surface area contributed by atoms with Crippen molar-refractivity contribution in [2.24, 2.45) is 0 Å². The molecule has 2 aromatic carbocycles. The lowest BCUT2D eigenvalue weighted by Gasteiger charge is -2.36. The van der Waals surface area contributed by atoms with Gasteiger partial charge in [0.2, 0.25) is 0 Å². The highest BCUT2D eigenvalue weighted by Crippen LogP contribution is 2.33. The predicted molar refractivity (Wildman–Crippen MR) is 110 cm³/mol. The van der Waals surface area contributed by atoms with Crippen LogP contribution in [0.4, 0.5) is 5.13 Å². The van der Waals surface area contributed by atoms with E-state index in [4.69, 9.17) is 16.3 Å². The number of aliphatic hydroxyl groups is 3. The zero-order valence-corrected chi connectivity index (χ0v) is 16.7. The van der Waals surface area contributed by atoms with Gasteiger partial charge < -0.3 is 20.1 Å². The van der Waals surface area contributed by atoms with Gasteiger partial charge in [0.15, 0.2) is 5.13 Å². The number of nitrogens with one attached hydrogen (secondary N) is 1. The van der Waals surface area contributed by atoms with Crippen LogP contribution in [0.2, 0.25) is 5.02 Å². The van der Waals surface area contributed by atoms with Gasteiger partial charge in [-0.05, 0) is 35.9 Å². The van der Waals surface area contributed by atoms with Crippen molar-refractivity contribution in [1.29, 1.82) is 0 Å². The van der Waals surface area contributed by atoms with Gasteiger partial charge in [0.05, 0.1) is 29.0 Å². The summed E-state index contributed by atoms with van der Waals surface area (Å²) in [6.45, 7) is -0.355. The van der Waals surface area contributed by atoms with E-state index in [0.29, 0.717) is 21.3 Å². The lowest BCUT2D eigenvalue weighted by atomic mass is 9.93. The minimum Gasteiger partial charge on any atom is -0.394 e. The number of nitrogens with zero attached hydrogens (tertiary/aromatic N) is 1. The fraction of sp³-hybridized carbons (Fsp3) is 0.300. The fourth-order valence-corrected chi connectivity index (χ4v) is 4.47. The largest absolute Gasteiger partial charge is 0.394 e.